The number of rotatable bonds is 8. The lowest BCUT2D eigenvalue weighted by molar-refractivity contribution is -0.144. The number of carbonyl (C=O) groups is 2. The van der Waals surface area contributed by atoms with E-state index in [1.165, 1.54) is 0 Å². The molecule has 1 unspecified atom stereocenters. The third-order valence-electron chi connectivity index (χ3n) is 4.08. The maximum absolute atomic E-state index is 12.1. The van der Waals surface area contributed by atoms with Crippen molar-refractivity contribution in [2.45, 2.75) is 32.7 Å². The Morgan fingerprint density at radius 1 is 1.40 bits per heavy atom. The van der Waals surface area contributed by atoms with Crippen LogP contribution in [0.1, 0.15) is 31.7 Å². The van der Waals surface area contributed by atoms with Crippen molar-refractivity contribution < 1.29 is 19.4 Å². The molecule has 0 bridgehead atoms. The minimum Gasteiger partial charge on any atom is -0.494 e. The maximum Gasteiger partial charge on any atom is 0.307 e. The van der Waals surface area contributed by atoms with E-state index in [0.29, 0.717) is 26.1 Å². The summed E-state index contributed by atoms with van der Waals surface area (Å²) in [7, 11) is 0. The molecular formula is C18H27ClN2O4. The van der Waals surface area contributed by atoms with E-state index in [-0.39, 0.29) is 30.8 Å². The highest BCUT2D eigenvalue weighted by Crippen LogP contribution is 2.16. The molecule has 1 fully saturated rings. The molecule has 25 heavy (non-hydrogen) atoms. The first kappa shape index (κ1) is 21.3. The molecule has 0 aromatic heterocycles. The second-order valence-electron chi connectivity index (χ2n) is 6.19. The van der Waals surface area contributed by atoms with Gasteiger partial charge in [0, 0.05) is 13.1 Å². The van der Waals surface area contributed by atoms with Gasteiger partial charge in [-0.1, -0.05) is 19.1 Å². The van der Waals surface area contributed by atoms with Crippen molar-refractivity contribution in [1.82, 2.24) is 10.2 Å². The number of halogens is 1. The third kappa shape index (κ3) is 7.32. The van der Waals surface area contributed by atoms with Crippen molar-refractivity contribution in [3.8, 4) is 5.75 Å². The minimum atomic E-state index is -0.774. The lowest BCUT2D eigenvalue weighted by atomic mass is 9.98. The molecule has 1 aliphatic rings. The summed E-state index contributed by atoms with van der Waals surface area (Å²) in [6.45, 7) is 4.64. The number of benzene rings is 1. The molecule has 1 heterocycles. The Morgan fingerprint density at radius 3 is 2.92 bits per heavy atom. The molecule has 1 amide bonds. The predicted molar refractivity (Wildman–Crippen MR) is 98.1 cm³/mol. The highest BCUT2D eigenvalue weighted by Gasteiger charge is 2.26. The minimum absolute atomic E-state index is 0. The summed E-state index contributed by atoms with van der Waals surface area (Å²) in [5, 5.41) is 12.0. The first-order valence-electron chi connectivity index (χ1n) is 8.52. The van der Waals surface area contributed by atoms with Crippen molar-refractivity contribution in [3.63, 3.8) is 0 Å². The average Bonchev–Trinajstić information content (AvgIpc) is 2.59. The number of nitrogens with one attached hydrogen (secondary N) is 1. The molecule has 0 saturated carbocycles. The van der Waals surface area contributed by atoms with Crippen molar-refractivity contribution in [3.05, 3.63) is 29.8 Å². The zero-order chi connectivity index (χ0) is 17.4. The largest absolute Gasteiger partial charge is 0.494 e. The predicted octanol–water partition coefficient (Wildman–Crippen LogP) is 2.31. The van der Waals surface area contributed by atoms with Crippen LogP contribution in [0.4, 0.5) is 0 Å². The fourth-order valence-corrected chi connectivity index (χ4v) is 2.83. The summed E-state index contributed by atoms with van der Waals surface area (Å²) in [4.78, 5) is 25.1. The Balaban J connectivity index is 0.00000312. The van der Waals surface area contributed by atoms with E-state index in [2.05, 4.69) is 12.2 Å². The number of nitrogens with zero attached hydrogens (tertiary/aromatic N) is 1. The summed E-state index contributed by atoms with van der Waals surface area (Å²) in [5.74, 6) is -0.409. The monoisotopic (exact) mass is 370 g/mol. The zero-order valence-electron chi connectivity index (χ0n) is 14.6. The standard InChI is InChI=1S/C18H26N2O4.ClH/c1-2-9-24-16-7-3-5-14(10-16)11-19-17(21)13-20-8-4-6-15(12-20)18(22)23;/h3,5,7,10,15H,2,4,6,8-9,11-13H2,1H3,(H,19,21)(H,22,23);1H. The van der Waals surface area contributed by atoms with E-state index >= 15 is 0 Å². The van der Waals surface area contributed by atoms with Crippen LogP contribution in [0, 0.1) is 5.92 Å². The number of carbonyl (C=O) groups excluding carboxylic acids is 1. The summed E-state index contributed by atoms with van der Waals surface area (Å²) in [6.07, 6.45) is 2.47. The summed E-state index contributed by atoms with van der Waals surface area (Å²) >= 11 is 0. The molecular weight excluding hydrogens is 344 g/mol. The zero-order valence-corrected chi connectivity index (χ0v) is 15.4. The van der Waals surface area contributed by atoms with Gasteiger partial charge in [-0.05, 0) is 43.5 Å². The summed E-state index contributed by atoms with van der Waals surface area (Å²) in [5.41, 5.74) is 0.985. The van der Waals surface area contributed by atoms with Crippen molar-refractivity contribution >= 4 is 24.3 Å². The quantitative estimate of drug-likeness (QED) is 0.734. The SMILES string of the molecule is CCCOc1cccc(CNC(=O)CN2CCCC(C(=O)O)C2)c1.Cl. The van der Waals surface area contributed by atoms with E-state index < -0.39 is 5.97 Å². The molecule has 2 rings (SSSR count). The number of carboxylic acid groups (broad SMARTS) is 1. The molecule has 1 saturated heterocycles. The van der Waals surface area contributed by atoms with Gasteiger partial charge in [0.1, 0.15) is 5.75 Å². The Morgan fingerprint density at radius 2 is 2.20 bits per heavy atom. The molecule has 0 spiro atoms. The number of likely N-dealkylation sites (tertiary alicyclic amines) is 1. The number of hydrogen-bond donors (Lipinski definition) is 2. The Bertz CT molecular complexity index is 568. The van der Waals surface area contributed by atoms with Gasteiger partial charge in [0.25, 0.3) is 0 Å². The highest BCUT2D eigenvalue weighted by atomic mass is 35.5. The van der Waals surface area contributed by atoms with Gasteiger partial charge in [-0.25, -0.2) is 0 Å². The van der Waals surface area contributed by atoms with Crippen LogP contribution in [0.3, 0.4) is 0 Å². The molecule has 1 aliphatic heterocycles. The van der Waals surface area contributed by atoms with E-state index in [1.54, 1.807) is 0 Å². The molecule has 2 N–H and O–H groups in total. The van der Waals surface area contributed by atoms with Crippen LogP contribution in [-0.2, 0) is 16.1 Å². The van der Waals surface area contributed by atoms with Crippen LogP contribution in [0.25, 0.3) is 0 Å². The molecule has 6 nitrogen and oxygen atoms in total. The molecule has 7 heteroatoms. The van der Waals surface area contributed by atoms with E-state index in [4.69, 9.17) is 9.84 Å². The van der Waals surface area contributed by atoms with Gasteiger partial charge >= 0.3 is 5.97 Å². The number of piperidine rings is 1. The molecule has 1 atom stereocenters. The number of ether oxygens (including phenoxy) is 1. The van der Waals surface area contributed by atoms with Gasteiger partial charge in [-0.3, -0.25) is 14.5 Å². The second kappa shape index (κ2) is 10.9. The van der Waals surface area contributed by atoms with Crippen LogP contribution in [-0.4, -0.2) is 48.1 Å². The average molecular weight is 371 g/mol. The lowest BCUT2D eigenvalue weighted by Crippen LogP contribution is -2.44. The van der Waals surface area contributed by atoms with Gasteiger partial charge in [-0.2, -0.15) is 0 Å². The van der Waals surface area contributed by atoms with Crippen LogP contribution in [0.5, 0.6) is 5.75 Å². The van der Waals surface area contributed by atoms with Crippen LogP contribution in [0.15, 0.2) is 24.3 Å². The number of carboxylic acids is 1. The fourth-order valence-electron chi connectivity index (χ4n) is 2.83. The normalized spacial score (nSPS) is 17.4. The van der Waals surface area contributed by atoms with Gasteiger partial charge in [0.15, 0.2) is 0 Å². The number of amides is 1. The summed E-state index contributed by atoms with van der Waals surface area (Å²) in [6, 6.07) is 7.69. The molecule has 0 aliphatic carbocycles. The number of hydrogen-bond acceptors (Lipinski definition) is 4. The molecule has 0 radical (unpaired) electrons. The summed E-state index contributed by atoms with van der Waals surface area (Å²) < 4.78 is 5.58. The Hall–Kier alpha value is -1.79. The fraction of sp³-hybridized carbons (Fsp3) is 0.556. The van der Waals surface area contributed by atoms with Gasteiger partial charge in [0.05, 0.1) is 19.1 Å². The lowest BCUT2D eigenvalue weighted by Gasteiger charge is -2.29. The molecule has 140 valence electrons. The van der Waals surface area contributed by atoms with Crippen LogP contribution in [0.2, 0.25) is 0 Å². The maximum atomic E-state index is 12.1. The topological polar surface area (TPSA) is 78.9 Å². The number of aliphatic carboxylic acids is 1. The Labute approximate surface area is 154 Å². The van der Waals surface area contributed by atoms with Crippen LogP contribution < -0.4 is 10.1 Å². The smallest absolute Gasteiger partial charge is 0.307 e. The van der Waals surface area contributed by atoms with Gasteiger partial charge < -0.3 is 15.2 Å². The van der Waals surface area contributed by atoms with E-state index in [1.807, 2.05) is 29.2 Å². The Kier molecular flexibility index (Phi) is 9.31. The van der Waals surface area contributed by atoms with E-state index in [0.717, 1.165) is 30.7 Å². The molecule has 1 aromatic carbocycles. The first-order valence-corrected chi connectivity index (χ1v) is 8.52. The van der Waals surface area contributed by atoms with Gasteiger partial charge in [-0.15, -0.1) is 12.4 Å². The van der Waals surface area contributed by atoms with Crippen molar-refractivity contribution in [2.75, 3.05) is 26.2 Å². The van der Waals surface area contributed by atoms with Crippen molar-refractivity contribution in [2.24, 2.45) is 5.92 Å². The first-order chi connectivity index (χ1) is 11.6. The second-order valence-corrected chi connectivity index (χ2v) is 6.19. The molecule has 1 aromatic rings. The third-order valence-corrected chi connectivity index (χ3v) is 4.08. The van der Waals surface area contributed by atoms with E-state index in [9.17, 15) is 9.59 Å². The van der Waals surface area contributed by atoms with Crippen molar-refractivity contribution in [1.29, 1.82) is 0 Å². The van der Waals surface area contributed by atoms with Gasteiger partial charge in [0.2, 0.25) is 5.91 Å². The van der Waals surface area contributed by atoms with Crippen LogP contribution >= 0.6 is 12.4 Å². The highest BCUT2D eigenvalue weighted by molar-refractivity contribution is 5.85.